The summed E-state index contributed by atoms with van der Waals surface area (Å²) in [5.41, 5.74) is 0.759. The van der Waals surface area contributed by atoms with Gasteiger partial charge in [-0.05, 0) is 29.8 Å². The van der Waals surface area contributed by atoms with Crippen LogP contribution in [0.5, 0.6) is 5.75 Å². The summed E-state index contributed by atoms with van der Waals surface area (Å²) in [5.74, 6) is -1.37. The van der Waals surface area contributed by atoms with Crippen LogP contribution >= 0.6 is 0 Å². The van der Waals surface area contributed by atoms with Gasteiger partial charge >= 0.3 is 5.97 Å². The monoisotopic (exact) mass is 332 g/mol. The first-order chi connectivity index (χ1) is 11.5. The number of nitrogens with zero attached hydrogens (tertiary/aromatic N) is 2. The maximum absolute atomic E-state index is 13.7. The molecule has 2 aromatic rings. The molecule has 126 valence electrons. The Hall–Kier alpha value is -2.96. The highest BCUT2D eigenvalue weighted by Gasteiger charge is 2.17. The lowest BCUT2D eigenvalue weighted by Crippen LogP contribution is -2.27. The number of benzene rings is 1. The summed E-state index contributed by atoms with van der Waals surface area (Å²) in [5, 5.41) is 0. The van der Waals surface area contributed by atoms with Crippen molar-refractivity contribution in [2.75, 3.05) is 21.3 Å². The average molecular weight is 332 g/mol. The van der Waals surface area contributed by atoms with Crippen LogP contribution < -0.4 is 4.74 Å². The van der Waals surface area contributed by atoms with E-state index in [-0.39, 0.29) is 23.7 Å². The largest absolute Gasteiger partial charge is 0.494 e. The summed E-state index contributed by atoms with van der Waals surface area (Å²) < 4.78 is 23.2. The van der Waals surface area contributed by atoms with E-state index >= 15 is 0 Å². The van der Waals surface area contributed by atoms with Gasteiger partial charge in [0.1, 0.15) is 11.4 Å². The first-order valence-electron chi connectivity index (χ1n) is 7.09. The maximum Gasteiger partial charge on any atom is 0.356 e. The molecule has 0 unspecified atom stereocenters. The van der Waals surface area contributed by atoms with E-state index in [1.165, 1.54) is 43.4 Å². The van der Waals surface area contributed by atoms with Crippen molar-refractivity contribution in [2.24, 2.45) is 0 Å². The number of esters is 1. The SMILES string of the molecule is COC(=O)c1cccc(C(=O)N(C)Cc2ccc(OC)c(F)c2)n1. The molecule has 0 N–H and O–H groups in total. The minimum Gasteiger partial charge on any atom is -0.494 e. The molecule has 0 aliphatic carbocycles. The number of carbonyl (C=O) groups excluding carboxylic acids is 2. The van der Waals surface area contributed by atoms with Crippen molar-refractivity contribution < 1.29 is 23.5 Å². The fourth-order valence-electron chi connectivity index (χ4n) is 2.12. The second kappa shape index (κ2) is 7.54. The van der Waals surface area contributed by atoms with Gasteiger partial charge in [0.05, 0.1) is 14.2 Å². The molecular weight excluding hydrogens is 315 g/mol. The highest BCUT2D eigenvalue weighted by molar-refractivity contribution is 5.94. The Morgan fingerprint density at radius 3 is 2.50 bits per heavy atom. The summed E-state index contributed by atoms with van der Waals surface area (Å²) in [6.45, 7) is 0.184. The van der Waals surface area contributed by atoms with Crippen LogP contribution in [-0.2, 0) is 11.3 Å². The molecule has 0 saturated carbocycles. The van der Waals surface area contributed by atoms with Gasteiger partial charge in [0.15, 0.2) is 11.6 Å². The van der Waals surface area contributed by atoms with Gasteiger partial charge in [0, 0.05) is 13.6 Å². The van der Waals surface area contributed by atoms with Crippen molar-refractivity contribution in [3.05, 3.63) is 59.2 Å². The molecule has 0 bridgehead atoms. The highest BCUT2D eigenvalue weighted by atomic mass is 19.1. The van der Waals surface area contributed by atoms with E-state index in [1.54, 1.807) is 19.2 Å². The van der Waals surface area contributed by atoms with Gasteiger partial charge in [0.25, 0.3) is 5.91 Å². The minimum absolute atomic E-state index is 0.0484. The fraction of sp³-hybridized carbons (Fsp3) is 0.235. The van der Waals surface area contributed by atoms with E-state index in [9.17, 15) is 14.0 Å². The third-order valence-corrected chi connectivity index (χ3v) is 3.35. The van der Waals surface area contributed by atoms with Crippen LogP contribution in [0.4, 0.5) is 4.39 Å². The number of methoxy groups -OCH3 is 2. The summed E-state index contributed by atoms with van der Waals surface area (Å²) >= 11 is 0. The lowest BCUT2D eigenvalue weighted by molar-refractivity contribution is 0.0593. The number of hydrogen-bond donors (Lipinski definition) is 0. The Bertz CT molecular complexity index is 764. The standard InChI is InChI=1S/C17H17FN2O4/c1-20(10-11-7-8-15(23-2)12(18)9-11)16(21)13-5-4-6-14(19-13)17(22)24-3/h4-9H,10H2,1-3H3. The number of hydrogen-bond acceptors (Lipinski definition) is 5. The van der Waals surface area contributed by atoms with Gasteiger partial charge in [0.2, 0.25) is 0 Å². The number of ether oxygens (including phenoxy) is 2. The van der Waals surface area contributed by atoms with E-state index in [4.69, 9.17) is 4.74 Å². The van der Waals surface area contributed by atoms with E-state index in [1.807, 2.05) is 0 Å². The van der Waals surface area contributed by atoms with Crippen LogP contribution in [0.15, 0.2) is 36.4 Å². The zero-order valence-corrected chi connectivity index (χ0v) is 13.6. The van der Waals surface area contributed by atoms with Crippen LogP contribution in [0, 0.1) is 5.82 Å². The zero-order valence-electron chi connectivity index (χ0n) is 13.6. The van der Waals surface area contributed by atoms with E-state index in [0.717, 1.165) is 0 Å². The van der Waals surface area contributed by atoms with Gasteiger partial charge in [-0.1, -0.05) is 12.1 Å². The van der Waals surface area contributed by atoms with Gasteiger partial charge in [-0.25, -0.2) is 14.2 Å². The molecule has 24 heavy (non-hydrogen) atoms. The molecule has 0 fully saturated rings. The Balaban J connectivity index is 2.15. The lowest BCUT2D eigenvalue weighted by atomic mass is 10.2. The summed E-state index contributed by atoms with van der Waals surface area (Å²) in [6, 6.07) is 8.98. The Morgan fingerprint density at radius 2 is 1.88 bits per heavy atom. The quantitative estimate of drug-likeness (QED) is 0.786. The topological polar surface area (TPSA) is 68.7 Å². The number of pyridine rings is 1. The molecule has 7 heteroatoms. The van der Waals surface area contributed by atoms with Crippen molar-refractivity contribution in [1.82, 2.24) is 9.88 Å². The van der Waals surface area contributed by atoms with E-state index in [2.05, 4.69) is 9.72 Å². The Labute approximate surface area is 138 Å². The van der Waals surface area contributed by atoms with Crippen molar-refractivity contribution in [3.63, 3.8) is 0 Å². The number of rotatable bonds is 5. The zero-order chi connectivity index (χ0) is 17.7. The summed E-state index contributed by atoms with van der Waals surface area (Å²) in [7, 11) is 4.19. The highest BCUT2D eigenvalue weighted by Crippen LogP contribution is 2.18. The molecule has 0 aliphatic rings. The van der Waals surface area contributed by atoms with E-state index < -0.39 is 17.7 Å². The van der Waals surface area contributed by atoms with Gasteiger partial charge in [-0.2, -0.15) is 0 Å². The molecule has 1 aromatic heterocycles. The third-order valence-electron chi connectivity index (χ3n) is 3.35. The molecule has 1 amide bonds. The van der Waals surface area contributed by atoms with Crippen molar-refractivity contribution in [2.45, 2.75) is 6.54 Å². The van der Waals surface area contributed by atoms with Gasteiger partial charge in [-0.3, -0.25) is 4.79 Å². The maximum atomic E-state index is 13.7. The Kier molecular flexibility index (Phi) is 5.47. The number of carbonyl (C=O) groups is 2. The number of halogens is 1. The van der Waals surface area contributed by atoms with Crippen LogP contribution in [0.25, 0.3) is 0 Å². The molecule has 0 atom stereocenters. The van der Waals surface area contributed by atoms with Gasteiger partial charge in [-0.15, -0.1) is 0 Å². The summed E-state index contributed by atoms with van der Waals surface area (Å²) in [4.78, 5) is 29.3. The summed E-state index contributed by atoms with van der Waals surface area (Å²) in [6.07, 6.45) is 0. The Morgan fingerprint density at radius 1 is 1.17 bits per heavy atom. The number of amides is 1. The molecule has 0 radical (unpaired) electrons. The molecule has 2 rings (SSSR count). The first-order valence-corrected chi connectivity index (χ1v) is 7.09. The molecule has 6 nitrogen and oxygen atoms in total. The fourth-order valence-corrected chi connectivity index (χ4v) is 2.12. The normalized spacial score (nSPS) is 10.2. The first kappa shape index (κ1) is 17.4. The van der Waals surface area contributed by atoms with Crippen LogP contribution in [0.3, 0.4) is 0 Å². The van der Waals surface area contributed by atoms with Crippen molar-refractivity contribution in [3.8, 4) is 5.75 Å². The lowest BCUT2D eigenvalue weighted by Gasteiger charge is -2.17. The number of aromatic nitrogens is 1. The van der Waals surface area contributed by atoms with Crippen LogP contribution in [0.1, 0.15) is 26.5 Å². The molecule has 1 heterocycles. The van der Waals surface area contributed by atoms with E-state index in [0.29, 0.717) is 5.56 Å². The van der Waals surface area contributed by atoms with Crippen LogP contribution in [-0.4, -0.2) is 43.0 Å². The second-order valence-corrected chi connectivity index (χ2v) is 5.03. The smallest absolute Gasteiger partial charge is 0.356 e. The molecule has 0 spiro atoms. The van der Waals surface area contributed by atoms with Gasteiger partial charge < -0.3 is 14.4 Å². The molecular formula is C17H17FN2O4. The molecule has 0 saturated heterocycles. The van der Waals surface area contributed by atoms with Crippen LogP contribution in [0.2, 0.25) is 0 Å². The van der Waals surface area contributed by atoms with Crippen molar-refractivity contribution in [1.29, 1.82) is 0 Å². The second-order valence-electron chi connectivity index (χ2n) is 5.03. The molecule has 1 aromatic carbocycles. The minimum atomic E-state index is -0.621. The predicted molar refractivity (Wildman–Crippen MR) is 84.3 cm³/mol. The third kappa shape index (κ3) is 3.87. The molecule has 0 aliphatic heterocycles. The average Bonchev–Trinajstić information content (AvgIpc) is 2.60. The predicted octanol–water partition coefficient (Wildman–Crippen LogP) is 2.29. The van der Waals surface area contributed by atoms with Crippen molar-refractivity contribution >= 4 is 11.9 Å².